The average molecular weight is 367 g/mol. The van der Waals surface area contributed by atoms with Crippen LogP contribution in [0.4, 0.5) is 26.7 Å². The number of alkyl halides is 5. The monoisotopic (exact) mass is 367 g/mol. The fraction of sp³-hybridized carbons (Fsp3) is 0.467. The van der Waals surface area contributed by atoms with Crippen molar-refractivity contribution in [2.45, 2.75) is 31.2 Å². The Hall–Kier alpha value is -2.39. The van der Waals surface area contributed by atoms with Gasteiger partial charge >= 0.3 is 24.2 Å². The maximum Gasteiger partial charge on any atom is 0.453 e. The van der Waals surface area contributed by atoms with Crippen LogP contribution in [0.3, 0.4) is 0 Å². The standard InChI is InChI=1S/C15H14F5NO4/c16-14(17,15(18,19)20)10-6-7-21(11(10)12(22)23)13(24)25-8-9-4-2-1-3-5-9/h1-5,10-11H,6-8H2,(H,22,23)/t10-,11-/m1/s1. The van der Waals surface area contributed by atoms with E-state index in [-0.39, 0.29) is 6.61 Å². The molecule has 1 fully saturated rings. The molecule has 0 unspecified atom stereocenters. The molecule has 138 valence electrons. The molecule has 0 aliphatic carbocycles. The van der Waals surface area contributed by atoms with E-state index < -0.39 is 49.1 Å². The zero-order chi connectivity index (χ0) is 18.8. The van der Waals surface area contributed by atoms with E-state index in [4.69, 9.17) is 9.84 Å². The molecule has 0 spiro atoms. The van der Waals surface area contributed by atoms with E-state index in [0.29, 0.717) is 10.5 Å². The van der Waals surface area contributed by atoms with E-state index >= 15 is 0 Å². The van der Waals surface area contributed by atoms with E-state index in [9.17, 15) is 31.5 Å². The van der Waals surface area contributed by atoms with Gasteiger partial charge in [-0.15, -0.1) is 0 Å². The molecule has 5 nitrogen and oxygen atoms in total. The smallest absolute Gasteiger partial charge is 0.453 e. The largest absolute Gasteiger partial charge is 0.480 e. The molecular weight excluding hydrogens is 353 g/mol. The molecular formula is C15H14F5NO4. The van der Waals surface area contributed by atoms with Crippen molar-refractivity contribution in [1.82, 2.24) is 4.90 Å². The van der Waals surface area contributed by atoms with Crippen molar-refractivity contribution < 1.29 is 41.4 Å². The molecule has 1 aliphatic heterocycles. The third-order valence-corrected chi connectivity index (χ3v) is 3.93. The number of hydrogen-bond acceptors (Lipinski definition) is 3. The molecule has 0 aromatic heterocycles. The van der Waals surface area contributed by atoms with Crippen LogP contribution in [0.15, 0.2) is 30.3 Å². The van der Waals surface area contributed by atoms with E-state index in [0.717, 1.165) is 0 Å². The lowest BCUT2D eigenvalue weighted by molar-refractivity contribution is -0.303. The first-order valence-corrected chi connectivity index (χ1v) is 7.20. The van der Waals surface area contributed by atoms with E-state index in [1.165, 1.54) is 0 Å². The van der Waals surface area contributed by atoms with Gasteiger partial charge in [-0.05, 0) is 12.0 Å². The summed E-state index contributed by atoms with van der Waals surface area (Å²) in [6, 6.07) is 5.90. The van der Waals surface area contributed by atoms with Gasteiger partial charge in [-0.2, -0.15) is 22.0 Å². The van der Waals surface area contributed by atoms with E-state index in [1.807, 2.05) is 0 Å². The lowest BCUT2D eigenvalue weighted by atomic mass is 9.92. The van der Waals surface area contributed by atoms with Gasteiger partial charge in [-0.3, -0.25) is 4.90 Å². The number of amides is 1. The van der Waals surface area contributed by atoms with Crippen LogP contribution in [-0.4, -0.2) is 46.8 Å². The van der Waals surface area contributed by atoms with Crippen molar-refractivity contribution in [1.29, 1.82) is 0 Å². The second-order valence-electron chi connectivity index (χ2n) is 5.53. The minimum atomic E-state index is -5.91. The van der Waals surface area contributed by atoms with Crippen LogP contribution in [0.2, 0.25) is 0 Å². The van der Waals surface area contributed by atoms with Crippen LogP contribution in [0.5, 0.6) is 0 Å². The molecule has 1 heterocycles. The summed E-state index contributed by atoms with van der Waals surface area (Å²) in [6.45, 7) is -0.830. The SMILES string of the molecule is O=C(O)[C@H]1[C@H](C(F)(F)C(F)(F)F)CCN1C(=O)OCc1ccccc1. The first-order chi connectivity index (χ1) is 11.6. The molecule has 1 N–H and O–H groups in total. The molecule has 2 atom stereocenters. The number of carbonyl (C=O) groups is 2. The van der Waals surface area contributed by atoms with Gasteiger partial charge in [-0.1, -0.05) is 30.3 Å². The van der Waals surface area contributed by atoms with Gasteiger partial charge in [0.1, 0.15) is 12.6 Å². The van der Waals surface area contributed by atoms with Crippen molar-refractivity contribution in [3.8, 4) is 0 Å². The number of ether oxygens (including phenoxy) is 1. The number of benzene rings is 1. The van der Waals surface area contributed by atoms with Crippen molar-refractivity contribution in [2.75, 3.05) is 6.54 Å². The molecule has 1 saturated heterocycles. The summed E-state index contributed by atoms with van der Waals surface area (Å²) in [7, 11) is 0. The molecule has 1 aromatic carbocycles. The number of halogens is 5. The fourth-order valence-electron chi connectivity index (χ4n) is 2.69. The van der Waals surface area contributed by atoms with Gasteiger partial charge in [0, 0.05) is 6.54 Å². The highest BCUT2D eigenvalue weighted by atomic mass is 19.4. The maximum absolute atomic E-state index is 13.6. The molecule has 0 bridgehead atoms. The number of hydrogen-bond donors (Lipinski definition) is 1. The first kappa shape index (κ1) is 18.9. The zero-order valence-corrected chi connectivity index (χ0v) is 12.7. The second kappa shape index (κ2) is 6.85. The Morgan fingerprint density at radius 2 is 1.76 bits per heavy atom. The van der Waals surface area contributed by atoms with Crippen LogP contribution < -0.4 is 0 Å². The Bertz CT molecular complexity index is 635. The summed E-state index contributed by atoms with van der Waals surface area (Å²) in [6.07, 6.45) is -7.96. The summed E-state index contributed by atoms with van der Waals surface area (Å²) >= 11 is 0. The highest BCUT2D eigenvalue weighted by Crippen LogP contribution is 2.47. The van der Waals surface area contributed by atoms with Crippen molar-refractivity contribution in [3.05, 3.63) is 35.9 Å². The average Bonchev–Trinajstić information content (AvgIpc) is 2.98. The molecule has 1 amide bonds. The van der Waals surface area contributed by atoms with Crippen molar-refractivity contribution in [3.63, 3.8) is 0 Å². The maximum atomic E-state index is 13.6. The summed E-state index contributed by atoms with van der Waals surface area (Å²) in [4.78, 5) is 23.6. The fourth-order valence-corrected chi connectivity index (χ4v) is 2.69. The normalized spacial score (nSPS) is 21.2. The van der Waals surface area contributed by atoms with E-state index in [2.05, 4.69) is 0 Å². The molecule has 1 aromatic rings. The van der Waals surface area contributed by atoms with Crippen LogP contribution in [0, 0.1) is 5.92 Å². The quantitative estimate of drug-likeness (QED) is 0.830. The molecule has 1 aliphatic rings. The number of aliphatic carboxylic acids is 1. The summed E-state index contributed by atoms with van der Waals surface area (Å²) in [5.41, 5.74) is 0.555. The number of likely N-dealkylation sites (tertiary alicyclic amines) is 1. The molecule has 0 radical (unpaired) electrons. The van der Waals surface area contributed by atoms with Crippen LogP contribution in [0.1, 0.15) is 12.0 Å². The van der Waals surface area contributed by atoms with Crippen molar-refractivity contribution >= 4 is 12.1 Å². The topological polar surface area (TPSA) is 66.8 Å². The zero-order valence-electron chi connectivity index (χ0n) is 12.7. The highest BCUT2D eigenvalue weighted by molar-refractivity contribution is 5.81. The van der Waals surface area contributed by atoms with Crippen LogP contribution in [-0.2, 0) is 16.1 Å². The second-order valence-corrected chi connectivity index (χ2v) is 5.53. The predicted molar refractivity (Wildman–Crippen MR) is 73.9 cm³/mol. The summed E-state index contributed by atoms with van der Waals surface area (Å²) in [5.74, 6) is -9.75. The number of carboxylic acids is 1. The highest BCUT2D eigenvalue weighted by Gasteiger charge is 2.67. The minimum Gasteiger partial charge on any atom is -0.480 e. The lowest BCUT2D eigenvalue weighted by Gasteiger charge is -2.30. The van der Waals surface area contributed by atoms with Gasteiger partial charge < -0.3 is 9.84 Å². The molecule has 10 heteroatoms. The predicted octanol–water partition coefficient (Wildman–Crippen LogP) is 3.30. The summed E-state index contributed by atoms with van der Waals surface area (Å²) < 4.78 is 69.6. The van der Waals surface area contributed by atoms with Crippen LogP contribution >= 0.6 is 0 Å². The third kappa shape index (κ3) is 3.83. The van der Waals surface area contributed by atoms with Gasteiger partial charge in [-0.25, -0.2) is 9.59 Å². The van der Waals surface area contributed by atoms with Crippen molar-refractivity contribution in [2.24, 2.45) is 5.92 Å². The molecule has 0 saturated carbocycles. The minimum absolute atomic E-state index is 0.261. The Morgan fingerprint density at radius 1 is 1.16 bits per heavy atom. The number of rotatable bonds is 4. The molecule has 25 heavy (non-hydrogen) atoms. The Morgan fingerprint density at radius 3 is 2.28 bits per heavy atom. The number of carboxylic acid groups (broad SMARTS) is 1. The lowest BCUT2D eigenvalue weighted by Crippen LogP contribution is -2.52. The third-order valence-electron chi connectivity index (χ3n) is 3.93. The van der Waals surface area contributed by atoms with Gasteiger partial charge in [0.05, 0.1) is 5.92 Å². The first-order valence-electron chi connectivity index (χ1n) is 7.20. The van der Waals surface area contributed by atoms with Gasteiger partial charge in [0.25, 0.3) is 0 Å². The number of nitrogens with zero attached hydrogens (tertiary/aromatic N) is 1. The summed E-state index contributed by atoms with van der Waals surface area (Å²) in [5, 5.41) is 9.07. The van der Waals surface area contributed by atoms with Crippen LogP contribution in [0.25, 0.3) is 0 Å². The Kier molecular flexibility index (Phi) is 5.19. The van der Waals surface area contributed by atoms with E-state index in [1.54, 1.807) is 30.3 Å². The number of carbonyl (C=O) groups excluding carboxylic acids is 1. The molecule has 2 rings (SSSR count). The Balaban J connectivity index is 2.13. The van der Waals surface area contributed by atoms with Gasteiger partial charge in [0.15, 0.2) is 0 Å². The van der Waals surface area contributed by atoms with Gasteiger partial charge in [0.2, 0.25) is 0 Å². The Labute approximate surface area is 139 Å².